The lowest BCUT2D eigenvalue weighted by atomic mass is 10.0. The van der Waals surface area contributed by atoms with Crippen molar-refractivity contribution in [1.82, 2.24) is 14.8 Å². The summed E-state index contributed by atoms with van der Waals surface area (Å²) in [6.45, 7) is 5.75. The van der Waals surface area contributed by atoms with E-state index in [1.54, 1.807) is 0 Å². The van der Waals surface area contributed by atoms with Crippen LogP contribution in [-0.2, 0) is 26.6 Å². The molecule has 2 rings (SSSR count). The van der Waals surface area contributed by atoms with Gasteiger partial charge >= 0.3 is 0 Å². The molecule has 1 N–H and O–H groups in total. The Bertz CT molecular complexity index is 479. The van der Waals surface area contributed by atoms with E-state index < -0.39 is 0 Å². The summed E-state index contributed by atoms with van der Waals surface area (Å²) < 4.78 is 1.84. The molecule has 0 spiro atoms. The monoisotopic (exact) mass is 249 g/mol. The normalized spacial score (nSPS) is 15.7. The van der Waals surface area contributed by atoms with E-state index in [9.17, 15) is 4.79 Å². The van der Waals surface area contributed by atoms with Crippen LogP contribution in [0.15, 0.2) is 10.9 Å². The van der Waals surface area contributed by atoms with Crippen molar-refractivity contribution in [3.63, 3.8) is 0 Å². The van der Waals surface area contributed by atoms with Gasteiger partial charge in [-0.15, -0.1) is 0 Å². The Hall–Kier alpha value is -1.13. The largest absolute Gasteiger partial charge is 0.315 e. The Labute approximate surface area is 109 Å². The van der Waals surface area contributed by atoms with E-state index in [-0.39, 0.29) is 5.56 Å². The van der Waals surface area contributed by atoms with Crippen LogP contribution in [0.1, 0.15) is 30.2 Å². The van der Waals surface area contributed by atoms with Crippen LogP contribution in [0.25, 0.3) is 0 Å². The van der Waals surface area contributed by atoms with Crippen molar-refractivity contribution in [1.29, 1.82) is 0 Å². The SMILES string of the molecule is CCCNCc1cc2c(n(C)c1=O)CCN(C)C2. The van der Waals surface area contributed by atoms with E-state index in [0.29, 0.717) is 6.54 Å². The quantitative estimate of drug-likeness (QED) is 0.805. The van der Waals surface area contributed by atoms with E-state index in [0.717, 1.165) is 38.0 Å². The molecule has 0 saturated carbocycles. The first-order valence-electron chi connectivity index (χ1n) is 6.73. The maximum atomic E-state index is 12.2. The maximum Gasteiger partial charge on any atom is 0.255 e. The highest BCUT2D eigenvalue weighted by molar-refractivity contribution is 5.28. The van der Waals surface area contributed by atoms with Gasteiger partial charge in [-0.2, -0.15) is 0 Å². The molecule has 0 unspecified atom stereocenters. The van der Waals surface area contributed by atoms with E-state index in [2.05, 4.69) is 30.3 Å². The van der Waals surface area contributed by atoms with Crippen molar-refractivity contribution in [3.8, 4) is 0 Å². The summed E-state index contributed by atoms with van der Waals surface area (Å²) in [5.41, 5.74) is 3.55. The third-order valence-corrected chi connectivity index (χ3v) is 3.62. The Kier molecular flexibility index (Phi) is 4.19. The second kappa shape index (κ2) is 5.67. The molecule has 4 heteroatoms. The van der Waals surface area contributed by atoms with Crippen molar-refractivity contribution in [3.05, 3.63) is 33.2 Å². The zero-order chi connectivity index (χ0) is 13.1. The van der Waals surface area contributed by atoms with Crippen LogP contribution in [0, 0.1) is 0 Å². The predicted molar refractivity (Wildman–Crippen MR) is 73.7 cm³/mol. The van der Waals surface area contributed by atoms with Gasteiger partial charge < -0.3 is 14.8 Å². The zero-order valence-electron chi connectivity index (χ0n) is 11.6. The molecule has 100 valence electrons. The average molecular weight is 249 g/mol. The van der Waals surface area contributed by atoms with Crippen LogP contribution in [0.3, 0.4) is 0 Å². The van der Waals surface area contributed by atoms with Gasteiger partial charge in [0.2, 0.25) is 0 Å². The average Bonchev–Trinajstić information content (AvgIpc) is 2.35. The molecule has 1 aromatic heterocycles. The van der Waals surface area contributed by atoms with Gasteiger partial charge in [-0.3, -0.25) is 4.79 Å². The Morgan fingerprint density at radius 1 is 1.39 bits per heavy atom. The lowest BCUT2D eigenvalue weighted by Gasteiger charge is -2.27. The number of rotatable bonds is 4. The van der Waals surface area contributed by atoms with Gasteiger partial charge in [0.1, 0.15) is 0 Å². The fraction of sp³-hybridized carbons (Fsp3) is 0.643. The van der Waals surface area contributed by atoms with Crippen LogP contribution < -0.4 is 10.9 Å². The number of pyridine rings is 1. The van der Waals surface area contributed by atoms with Gasteiger partial charge in [-0.25, -0.2) is 0 Å². The standard InChI is InChI=1S/C14H23N3O/c1-4-6-15-9-11-8-12-10-16(2)7-5-13(12)17(3)14(11)18/h8,15H,4-7,9-10H2,1-3H3. The van der Waals surface area contributed by atoms with E-state index in [1.165, 1.54) is 11.3 Å². The fourth-order valence-corrected chi connectivity index (χ4v) is 2.57. The first-order valence-corrected chi connectivity index (χ1v) is 6.73. The third-order valence-electron chi connectivity index (χ3n) is 3.62. The Balaban J connectivity index is 2.29. The van der Waals surface area contributed by atoms with Crippen molar-refractivity contribution < 1.29 is 0 Å². The van der Waals surface area contributed by atoms with Crippen LogP contribution >= 0.6 is 0 Å². The maximum absolute atomic E-state index is 12.2. The number of aromatic nitrogens is 1. The van der Waals surface area contributed by atoms with Gasteiger partial charge in [0.15, 0.2) is 0 Å². The van der Waals surface area contributed by atoms with Crippen LogP contribution in [0.2, 0.25) is 0 Å². The molecular weight excluding hydrogens is 226 g/mol. The van der Waals surface area contributed by atoms with Crippen molar-refractivity contribution in [2.24, 2.45) is 7.05 Å². The van der Waals surface area contributed by atoms with Gasteiger partial charge in [0.25, 0.3) is 5.56 Å². The molecule has 0 aromatic carbocycles. The molecule has 1 aliphatic rings. The van der Waals surface area contributed by atoms with E-state index in [1.807, 2.05) is 11.6 Å². The van der Waals surface area contributed by atoms with Crippen LogP contribution in [-0.4, -0.2) is 29.6 Å². The summed E-state index contributed by atoms with van der Waals surface area (Å²) in [6.07, 6.45) is 2.06. The van der Waals surface area contributed by atoms with E-state index in [4.69, 9.17) is 0 Å². The number of fused-ring (bicyclic) bond motifs is 1. The second-order valence-electron chi connectivity index (χ2n) is 5.17. The molecule has 0 radical (unpaired) electrons. The molecule has 18 heavy (non-hydrogen) atoms. The molecule has 4 nitrogen and oxygen atoms in total. The van der Waals surface area contributed by atoms with Gasteiger partial charge in [-0.1, -0.05) is 6.92 Å². The molecular formula is C14H23N3O. The van der Waals surface area contributed by atoms with Crippen molar-refractivity contribution in [2.75, 3.05) is 20.1 Å². The minimum absolute atomic E-state index is 0.155. The minimum atomic E-state index is 0.155. The van der Waals surface area contributed by atoms with Crippen molar-refractivity contribution >= 4 is 0 Å². The lowest BCUT2D eigenvalue weighted by molar-refractivity contribution is 0.305. The molecule has 0 atom stereocenters. The summed E-state index contributed by atoms with van der Waals surface area (Å²) >= 11 is 0. The summed E-state index contributed by atoms with van der Waals surface area (Å²) in [7, 11) is 4.03. The Morgan fingerprint density at radius 2 is 2.17 bits per heavy atom. The van der Waals surface area contributed by atoms with Crippen molar-refractivity contribution in [2.45, 2.75) is 32.9 Å². The first-order chi connectivity index (χ1) is 8.63. The molecule has 0 fully saturated rings. The Morgan fingerprint density at radius 3 is 2.89 bits per heavy atom. The highest BCUT2D eigenvalue weighted by Gasteiger charge is 2.18. The minimum Gasteiger partial charge on any atom is -0.315 e. The predicted octanol–water partition coefficient (Wildman–Crippen LogP) is 0.873. The third kappa shape index (κ3) is 2.65. The zero-order valence-corrected chi connectivity index (χ0v) is 11.6. The molecule has 1 aromatic rings. The number of likely N-dealkylation sites (N-methyl/N-ethyl adjacent to an activating group) is 1. The molecule has 0 bridgehead atoms. The van der Waals surface area contributed by atoms with Gasteiger partial charge in [-0.05, 0) is 31.6 Å². The highest BCUT2D eigenvalue weighted by Crippen LogP contribution is 2.16. The molecule has 1 aliphatic heterocycles. The van der Waals surface area contributed by atoms with Crippen LogP contribution in [0.5, 0.6) is 0 Å². The summed E-state index contributed by atoms with van der Waals surface area (Å²) in [4.78, 5) is 14.5. The highest BCUT2D eigenvalue weighted by atomic mass is 16.1. The molecule has 0 aliphatic carbocycles. The van der Waals surface area contributed by atoms with E-state index >= 15 is 0 Å². The topological polar surface area (TPSA) is 37.3 Å². The summed E-state index contributed by atoms with van der Waals surface area (Å²) in [5, 5.41) is 3.31. The fourth-order valence-electron chi connectivity index (χ4n) is 2.57. The number of hydrogen-bond acceptors (Lipinski definition) is 3. The van der Waals surface area contributed by atoms with Crippen LogP contribution in [0.4, 0.5) is 0 Å². The first kappa shape index (κ1) is 13.3. The number of nitrogens with zero attached hydrogens (tertiary/aromatic N) is 2. The molecule has 0 saturated heterocycles. The molecule has 0 amide bonds. The molecule has 2 heterocycles. The summed E-state index contributed by atoms with van der Waals surface area (Å²) in [5.74, 6) is 0. The van der Waals surface area contributed by atoms with Gasteiger partial charge in [0.05, 0.1) is 0 Å². The number of hydrogen-bond donors (Lipinski definition) is 1. The second-order valence-corrected chi connectivity index (χ2v) is 5.17. The lowest BCUT2D eigenvalue weighted by Crippen LogP contribution is -2.35. The smallest absolute Gasteiger partial charge is 0.255 e. The van der Waals surface area contributed by atoms with Gasteiger partial charge in [0, 0.05) is 44.4 Å². The number of nitrogens with one attached hydrogen (secondary N) is 1. The summed E-state index contributed by atoms with van der Waals surface area (Å²) in [6, 6.07) is 2.09.